The van der Waals surface area contributed by atoms with E-state index in [1.165, 1.54) is 64.0 Å². The zero-order chi connectivity index (χ0) is 33.1. The largest absolute Gasteiger partial charge is 0.454 e. The molecule has 0 bridgehead atoms. The predicted molar refractivity (Wildman–Crippen MR) is 214 cm³/mol. The smallest absolute Gasteiger partial charge is 0.159 e. The van der Waals surface area contributed by atoms with Gasteiger partial charge in [-0.25, -0.2) is 0 Å². The van der Waals surface area contributed by atoms with Gasteiger partial charge >= 0.3 is 0 Å². The molecule has 3 heteroatoms. The maximum absolute atomic E-state index is 6.63. The Morgan fingerprint density at radius 3 is 2.08 bits per heavy atom. The van der Waals surface area contributed by atoms with Crippen molar-refractivity contribution in [2.75, 3.05) is 4.90 Å². The molecule has 8 aromatic carbocycles. The van der Waals surface area contributed by atoms with E-state index in [0.29, 0.717) is 0 Å². The van der Waals surface area contributed by atoms with E-state index in [2.05, 4.69) is 164 Å². The van der Waals surface area contributed by atoms with Crippen LogP contribution >= 0.6 is 11.3 Å². The van der Waals surface area contributed by atoms with Gasteiger partial charge in [0, 0.05) is 47.7 Å². The Balaban J connectivity index is 1.13. The van der Waals surface area contributed by atoms with Crippen LogP contribution in [0.1, 0.15) is 25.0 Å². The number of rotatable bonds is 4. The van der Waals surface area contributed by atoms with Crippen molar-refractivity contribution in [3.63, 3.8) is 0 Å². The number of anilines is 3. The predicted octanol–water partition coefficient (Wildman–Crippen LogP) is 14.0. The Bertz CT molecular complexity index is 3020. The Hall–Kier alpha value is -5.90. The lowest BCUT2D eigenvalue weighted by atomic mass is 9.82. The van der Waals surface area contributed by atoms with Crippen LogP contribution in [0.5, 0.6) is 0 Å². The van der Waals surface area contributed by atoms with Gasteiger partial charge in [-0.05, 0) is 98.4 Å². The van der Waals surface area contributed by atoms with Crippen LogP contribution in [0.15, 0.2) is 156 Å². The molecule has 0 radical (unpaired) electrons. The molecule has 0 aliphatic heterocycles. The summed E-state index contributed by atoms with van der Waals surface area (Å²) < 4.78 is 9.22. The van der Waals surface area contributed by atoms with Crippen molar-refractivity contribution in [3.05, 3.63) is 163 Å². The summed E-state index contributed by atoms with van der Waals surface area (Å²) in [6, 6.07) is 55.6. The Kier molecular flexibility index (Phi) is 5.64. The molecular formula is C47H31NOS. The van der Waals surface area contributed by atoms with Crippen LogP contribution in [0.2, 0.25) is 0 Å². The van der Waals surface area contributed by atoms with Crippen molar-refractivity contribution >= 4 is 92.1 Å². The first-order valence-electron chi connectivity index (χ1n) is 17.3. The standard InChI is InChI=1S/C47H31NOS/c1-47(2)38-15-7-10-29-26-36(34-13-8-16-39(47)45(34)44(29)38)28-20-22-30(23-21-28)48(31-24-25-43-37(27-31)33-12-4-6-19-42(33)50-43)40-17-9-14-35-32-11-3-5-18-41(32)49-46(35)40/h3-27H,1-2H3. The van der Waals surface area contributed by atoms with E-state index < -0.39 is 0 Å². The van der Waals surface area contributed by atoms with Gasteiger partial charge in [0.2, 0.25) is 0 Å². The van der Waals surface area contributed by atoms with E-state index >= 15 is 0 Å². The maximum atomic E-state index is 6.63. The Labute approximate surface area is 293 Å². The second-order valence-corrected chi connectivity index (χ2v) is 15.2. The van der Waals surface area contributed by atoms with Crippen LogP contribution in [0, 0.1) is 0 Å². The molecule has 0 amide bonds. The molecule has 2 heterocycles. The first kappa shape index (κ1) is 28.0. The molecule has 10 aromatic rings. The van der Waals surface area contributed by atoms with Crippen molar-refractivity contribution in [2.45, 2.75) is 19.3 Å². The SMILES string of the molecule is CC1(C)c2cccc3cc(-c4ccc(N(c5ccc6sc7ccccc7c6c5)c5cccc6c5oc5ccccc56)cc4)c4cccc1c4c23. The van der Waals surface area contributed by atoms with Crippen LogP contribution in [-0.2, 0) is 5.41 Å². The zero-order valence-electron chi connectivity index (χ0n) is 27.7. The molecule has 0 fully saturated rings. The van der Waals surface area contributed by atoms with E-state index in [1.807, 2.05) is 17.4 Å². The van der Waals surface area contributed by atoms with E-state index in [1.54, 1.807) is 0 Å². The lowest BCUT2D eigenvalue weighted by Crippen LogP contribution is -2.14. The summed E-state index contributed by atoms with van der Waals surface area (Å²) in [5, 5.41) is 10.2. The molecule has 50 heavy (non-hydrogen) atoms. The number of hydrogen-bond acceptors (Lipinski definition) is 3. The second-order valence-electron chi connectivity index (χ2n) is 14.1. The van der Waals surface area contributed by atoms with Gasteiger partial charge in [-0.1, -0.05) is 111 Å². The van der Waals surface area contributed by atoms with Crippen molar-refractivity contribution in [1.82, 2.24) is 0 Å². The van der Waals surface area contributed by atoms with Gasteiger partial charge in [0.1, 0.15) is 5.58 Å². The highest BCUT2D eigenvalue weighted by atomic mass is 32.1. The highest BCUT2D eigenvalue weighted by molar-refractivity contribution is 7.25. The summed E-state index contributed by atoms with van der Waals surface area (Å²) in [6.07, 6.45) is 0. The van der Waals surface area contributed by atoms with Gasteiger partial charge in [0.25, 0.3) is 0 Å². The number of benzene rings is 8. The molecule has 0 saturated heterocycles. The molecule has 1 aliphatic rings. The minimum atomic E-state index is -0.0170. The summed E-state index contributed by atoms with van der Waals surface area (Å²) in [5.41, 5.74) is 10.3. The summed E-state index contributed by atoms with van der Waals surface area (Å²) in [5.74, 6) is 0. The van der Waals surface area contributed by atoms with Crippen molar-refractivity contribution in [2.24, 2.45) is 0 Å². The quantitative estimate of drug-likeness (QED) is 0.175. The number of fused-ring (bicyclic) bond motifs is 6. The van der Waals surface area contributed by atoms with Crippen LogP contribution < -0.4 is 4.90 Å². The minimum absolute atomic E-state index is 0.0170. The molecule has 0 unspecified atom stereocenters. The van der Waals surface area contributed by atoms with Crippen molar-refractivity contribution in [3.8, 4) is 11.1 Å². The molecule has 2 aromatic heterocycles. The zero-order valence-corrected chi connectivity index (χ0v) is 28.5. The molecular weight excluding hydrogens is 627 g/mol. The van der Waals surface area contributed by atoms with Gasteiger partial charge in [-0.3, -0.25) is 0 Å². The van der Waals surface area contributed by atoms with Crippen molar-refractivity contribution < 1.29 is 4.42 Å². The van der Waals surface area contributed by atoms with Crippen LogP contribution in [-0.4, -0.2) is 0 Å². The van der Waals surface area contributed by atoms with Gasteiger partial charge < -0.3 is 9.32 Å². The molecule has 1 aliphatic carbocycles. The third kappa shape index (κ3) is 3.78. The summed E-state index contributed by atoms with van der Waals surface area (Å²) in [6.45, 7) is 4.72. The summed E-state index contributed by atoms with van der Waals surface area (Å²) >= 11 is 1.85. The normalized spacial score (nSPS) is 13.6. The molecule has 11 rings (SSSR count). The highest BCUT2D eigenvalue weighted by Gasteiger charge is 2.34. The average molecular weight is 658 g/mol. The number of nitrogens with zero attached hydrogens (tertiary/aromatic N) is 1. The van der Waals surface area contributed by atoms with Crippen LogP contribution in [0.25, 0.3) is 74.8 Å². The average Bonchev–Trinajstić information content (AvgIpc) is 3.80. The number of para-hydroxylation sites is 2. The first-order chi connectivity index (χ1) is 24.5. The fourth-order valence-electron chi connectivity index (χ4n) is 8.65. The molecule has 0 atom stereocenters. The van der Waals surface area contributed by atoms with E-state index in [9.17, 15) is 0 Å². The Morgan fingerprint density at radius 2 is 1.20 bits per heavy atom. The molecule has 2 nitrogen and oxygen atoms in total. The third-order valence-electron chi connectivity index (χ3n) is 11.0. The van der Waals surface area contributed by atoms with Gasteiger partial charge in [0.05, 0.1) is 5.69 Å². The van der Waals surface area contributed by atoms with Crippen LogP contribution in [0.3, 0.4) is 0 Å². The highest BCUT2D eigenvalue weighted by Crippen LogP contribution is 2.51. The van der Waals surface area contributed by atoms with Gasteiger partial charge in [-0.15, -0.1) is 11.3 Å². The van der Waals surface area contributed by atoms with E-state index in [-0.39, 0.29) is 5.41 Å². The minimum Gasteiger partial charge on any atom is -0.454 e. The number of hydrogen-bond donors (Lipinski definition) is 0. The summed E-state index contributed by atoms with van der Waals surface area (Å²) in [4.78, 5) is 2.36. The Morgan fingerprint density at radius 1 is 0.520 bits per heavy atom. The molecule has 236 valence electrons. The topological polar surface area (TPSA) is 16.4 Å². The fraction of sp³-hybridized carbons (Fsp3) is 0.0638. The van der Waals surface area contributed by atoms with Gasteiger partial charge in [0.15, 0.2) is 5.58 Å². The lowest BCUT2D eigenvalue weighted by molar-refractivity contribution is 0.663. The third-order valence-corrected chi connectivity index (χ3v) is 12.2. The van der Waals surface area contributed by atoms with E-state index in [0.717, 1.165) is 39.0 Å². The number of thiophene rings is 1. The molecule has 0 saturated carbocycles. The van der Waals surface area contributed by atoms with Crippen LogP contribution in [0.4, 0.5) is 17.1 Å². The van der Waals surface area contributed by atoms with E-state index in [4.69, 9.17) is 4.42 Å². The second kappa shape index (κ2) is 10.1. The summed E-state index contributed by atoms with van der Waals surface area (Å²) in [7, 11) is 0. The first-order valence-corrected chi connectivity index (χ1v) is 18.1. The monoisotopic (exact) mass is 657 g/mol. The van der Waals surface area contributed by atoms with Crippen molar-refractivity contribution in [1.29, 1.82) is 0 Å². The molecule has 0 N–H and O–H groups in total. The molecule has 0 spiro atoms. The number of furan rings is 1. The maximum Gasteiger partial charge on any atom is 0.159 e. The van der Waals surface area contributed by atoms with Gasteiger partial charge in [-0.2, -0.15) is 0 Å². The lowest BCUT2D eigenvalue weighted by Gasteiger charge is -2.26. The fourth-order valence-corrected chi connectivity index (χ4v) is 9.74.